The van der Waals surface area contributed by atoms with E-state index >= 15 is 0 Å². The minimum absolute atomic E-state index is 0.0836. The molecule has 0 bridgehead atoms. The Morgan fingerprint density at radius 2 is 1.83 bits per heavy atom. The van der Waals surface area contributed by atoms with Crippen LogP contribution in [0, 0.1) is 5.92 Å². The first-order valence-corrected chi connectivity index (χ1v) is 12.2. The molecule has 2 aliphatic rings. The van der Waals surface area contributed by atoms with E-state index in [1.807, 2.05) is 30.3 Å². The molecule has 0 aliphatic carbocycles. The highest BCUT2D eigenvalue weighted by atomic mass is 16.6. The van der Waals surface area contributed by atoms with Crippen LogP contribution in [-0.4, -0.2) is 54.7 Å². The maximum Gasteiger partial charge on any atom is 0.326 e. The van der Waals surface area contributed by atoms with Gasteiger partial charge in [0, 0.05) is 11.5 Å². The lowest BCUT2D eigenvalue weighted by Crippen LogP contribution is -2.50. The number of amides is 1. The molecule has 2 heterocycles. The second kappa shape index (κ2) is 9.93. The molecule has 2 aromatic carbocycles. The number of ether oxygens (including phenoxy) is 4. The Kier molecular flexibility index (Phi) is 7.09. The Balaban J connectivity index is 1.88. The number of nitrogens with zero attached hydrogens (tertiary/aromatic N) is 1. The van der Waals surface area contributed by atoms with Gasteiger partial charge in [0.25, 0.3) is 0 Å². The zero-order valence-electron chi connectivity index (χ0n) is 21.4. The highest BCUT2D eigenvalue weighted by molar-refractivity contribution is 6.11. The zero-order valence-corrected chi connectivity index (χ0v) is 21.4. The summed E-state index contributed by atoms with van der Waals surface area (Å²) in [6.07, 6.45) is -0.850. The largest absolute Gasteiger partial charge is 0.497 e. The highest BCUT2D eigenvalue weighted by Gasteiger charge is 2.69. The van der Waals surface area contributed by atoms with Gasteiger partial charge in [0.05, 0.1) is 32.8 Å². The lowest BCUT2D eigenvalue weighted by atomic mass is 9.68. The van der Waals surface area contributed by atoms with Gasteiger partial charge in [-0.05, 0) is 45.4 Å². The standard InChI is InChI=1S/C28H33NO7/c1-6-34-26(32)28(19-13-10-14-20(15-19)33-5)21(16-23(30)36-27(2,3)4)22-17-35-24(29(22)25(28)31)18-11-8-7-9-12-18/h7-15,21-22,24H,6,16-17H2,1-5H3/t21-,22-,24-,28-/m1/s1. The van der Waals surface area contributed by atoms with Crippen LogP contribution in [-0.2, 0) is 34.0 Å². The monoisotopic (exact) mass is 495 g/mol. The van der Waals surface area contributed by atoms with Crippen LogP contribution in [0.2, 0.25) is 0 Å². The summed E-state index contributed by atoms with van der Waals surface area (Å²) in [7, 11) is 1.52. The van der Waals surface area contributed by atoms with Crippen LogP contribution in [0.4, 0.5) is 0 Å². The molecule has 8 heteroatoms. The van der Waals surface area contributed by atoms with Crippen molar-refractivity contribution in [3.8, 4) is 5.75 Å². The van der Waals surface area contributed by atoms with Gasteiger partial charge in [-0.3, -0.25) is 14.4 Å². The maximum atomic E-state index is 14.4. The number of hydrogen-bond acceptors (Lipinski definition) is 7. The van der Waals surface area contributed by atoms with E-state index < -0.39 is 47.0 Å². The molecule has 2 aromatic rings. The lowest BCUT2D eigenvalue weighted by Gasteiger charge is -2.33. The van der Waals surface area contributed by atoms with Gasteiger partial charge >= 0.3 is 11.9 Å². The third-order valence-corrected chi connectivity index (χ3v) is 6.64. The van der Waals surface area contributed by atoms with Gasteiger partial charge < -0.3 is 23.8 Å². The number of rotatable bonds is 7. The summed E-state index contributed by atoms with van der Waals surface area (Å²) in [6, 6.07) is 15.7. The van der Waals surface area contributed by atoms with Crippen LogP contribution in [0.1, 0.15) is 51.5 Å². The molecule has 0 saturated carbocycles. The molecular formula is C28H33NO7. The van der Waals surface area contributed by atoms with Gasteiger partial charge in [0.2, 0.25) is 5.91 Å². The SMILES string of the molecule is CCOC(=O)[C@@]1(c2cccc(OC)c2)C(=O)N2[C@@H](c3ccccc3)OC[C@@H]2[C@H]1CC(=O)OC(C)(C)C. The van der Waals surface area contributed by atoms with Crippen molar-refractivity contribution in [2.45, 2.75) is 57.4 Å². The topological polar surface area (TPSA) is 91.4 Å². The molecule has 0 radical (unpaired) electrons. The Morgan fingerprint density at radius 1 is 1.11 bits per heavy atom. The second-order valence-corrected chi connectivity index (χ2v) is 10.0. The van der Waals surface area contributed by atoms with Crippen molar-refractivity contribution in [3.63, 3.8) is 0 Å². The van der Waals surface area contributed by atoms with E-state index in [4.69, 9.17) is 18.9 Å². The summed E-state index contributed by atoms with van der Waals surface area (Å²) in [6.45, 7) is 7.28. The first-order valence-electron chi connectivity index (χ1n) is 12.2. The molecule has 36 heavy (non-hydrogen) atoms. The Morgan fingerprint density at radius 3 is 2.47 bits per heavy atom. The van der Waals surface area contributed by atoms with Gasteiger partial charge in [0.1, 0.15) is 11.4 Å². The van der Waals surface area contributed by atoms with Crippen LogP contribution < -0.4 is 4.74 Å². The predicted octanol–water partition coefficient (Wildman–Crippen LogP) is 3.78. The smallest absolute Gasteiger partial charge is 0.326 e. The van der Waals surface area contributed by atoms with Crippen molar-refractivity contribution in [2.24, 2.45) is 5.92 Å². The van der Waals surface area contributed by atoms with Crippen molar-refractivity contribution >= 4 is 17.8 Å². The van der Waals surface area contributed by atoms with E-state index in [1.54, 1.807) is 56.9 Å². The molecule has 8 nitrogen and oxygen atoms in total. The minimum Gasteiger partial charge on any atom is -0.497 e. The highest BCUT2D eigenvalue weighted by Crippen LogP contribution is 2.53. The van der Waals surface area contributed by atoms with Gasteiger partial charge in [-0.25, -0.2) is 0 Å². The van der Waals surface area contributed by atoms with E-state index in [0.717, 1.165) is 5.56 Å². The van der Waals surface area contributed by atoms with Crippen molar-refractivity contribution in [1.82, 2.24) is 4.90 Å². The summed E-state index contributed by atoms with van der Waals surface area (Å²) >= 11 is 0. The average molecular weight is 496 g/mol. The molecule has 192 valence electrons. The van der Waals surface area contributed by atoms with Crippen molar-refractivity contribution in [1.29, 1.82) is 0 Å². The van der Waals surface area contributed by atoms with Gasteiger partial charge in [-0.15, -0.1) is 0 Å². The molecule has 2 fully saturated rings. The molecule has 0 aromatic heterocycles. The molecule has 4 rings (SSSR count). The number of hydrogen-bond donors (Lipinski definition) is 0. The molecule has 0 N–H and O–H groups in total. The molecular weight excluding hydrogens is 462 g/mol. The van der Waals surface area contributed by atoms with Gasteiger partial charge in [0.15, 0.2) is 11.6 Å². The van der Waals surface area contributed by atoms with E-state index in [2.05, 4.69) is 0 Å². The molecule has 2 saturated heterocycles. The van der Waals surface area contributed by atoms with Crippen molar-refractivity contribution < 1.29 is 33.3 Å². The number of methoxy groups -OCH3 is 1. The van der Waals surface area contributed by atoms with Gasteiger partial charge in [-0.2, -0.15) is 0 Å². The quantitative estimate of drug-likeness (QED) is 0.426. The summed E-state index contributed by atoms with van der Waals surface area (Å²) in [4.78, 5) is 43.0. The normalized spacial score (nSPS) is 25.4. The third-order valence-electron chi connectivity index (χ3n) is 6.64. The molecule has 4 atom stereocenters. The fourth-order valence-corrected chi connectivity index (χ4v) is 5.28. The van der Waals surface area contributed by atoms with Crippen LogP contribution in [0.3, 0.4) is 0 Å². The molecule has 1 amide bonds. The Bertz CT molecular complexity index is 1130. The zero-order chi connectivity index (χ0) is 26.1. The Labute approximate surface area is 211 Å². The lowest BCUT2D eigenvalue weighted by molar-refractivity contribution is -0.161. The van der Waals surface area contributed by atoms with E-state index in [-0.39, 0.29) is 19.6 Å². The Hall–Kier alpha value is -3.39. The number of carbonyl (C=O) groups excluding carboxylic acids is 3. The first kappa shape index (κ1) is 25.7. The summed E-state index contributed by atoms with van der Waals surface area (Å²) in [5, 5.41) is 0. The van der Waals surface area contributed by atoms with E-state index in [9.17, 15) is 14.4 Å². The fourth-order valence-electron chi connectivity index (χ4n) is 5.28. The van der Waals surface area contributed by atoms with Crippen LogP contribution in [0.15, 0.2) is 54.6 Å². The molecule has 0 unspecified atom stereocenters. The third kappa shape index (κ3) is 4.46. The number of esters is 2. The van der Waals surface area contributed by atoms with Crippen LogP contribution >= 0.6 is 0 Å². The summed E-state index contributed by atoms with van der Waals surface area (Å²) in [5.74, 6) is -1.94. The number of fused-ring (bicyclic) bond motifs is 1. The number of carbonyl (C=O) groups is 3. The van der Waals surface area contributed by atoms with Crippen molar-refractivity contribution in [3.05, 3.63) is 65.7 Å². The minimum atomic E-state index is -1.76. The van der Waals surface area contributed by atoms with Crippen LogP contribution in [0.25, 0.3) is 0 Å². The first-order chi connectivity index (χ1) is 17.1. The summed E-state index contributed by atoms with van der Waals surface area (Å²) < 4.78 is 22.6. The van der Waals surface area contributed by atoms with E-state index in [1.165, 1.54) is 7.11 Å². The van der Waals surface area contributed by atoms with Gasteiger partial charge in [-0.1, -0.05) is 42.5 Å². The molecule has 2 aliphatic heterocycles. The van der Waals surface area contributed by atoms with Crippen LogP contribution in [0.5, 0.6) is 5.75 Å². The summed E-state index contributed by atoms with van der Waals surface area (Å²) in [5.41, 5.74) is -1.28. The second-order valence-electron chi connectivity index (χ2n) is 10.0. The average Bonchev–Trinajstić information content (AvgIpc) is 3.37. The van der Waals surface area contributed by atoms with Crippen molar-refractivity contribution in [2.75, 3.05) is 20.3 Å². The predicted molar refractivity (Wildman–Crippen MR) is 131 cm³/mol. The maximum absolute atomic E-state index is 14.4. The molecule has 0 spiro atoms. The fraction of sp³-hybridized carbons (Fsp3) is 0.464. The van der Waals surface area contributed by atoms with E-state index in [0.29, 0.717) is 11.3 Å². The number of benzene rings is 2.